The van der Waals surface area contributed by atoms with E-state index in [0.29, 0.717) is 17.8 Å². The van der Waals surface area contributed by atoms with Crippen molar-refractivity contribution in [3.05, 3.63) is 78.6 Å². The fraction of sp³-hybridized carbons (Fsp3) is 0.111. The minimum Gasteiger partial charge on any atom is -0.345 e. The van der Waals surface area contributed by atoms with Gasteiger partial charge in [0.2, 0.25) is 0 Å². The number of carbonyl (C=O) groups excluding carboxylic acids is 1. The Bertz CT molecular complexity index is 977. The third-order valence-electron chi connectivity index (χ3n) is 4.04. The number of nitrogens with zero attached hydrogens (tertiary/aromatic N) is 4. The molecule has 1 unspecified atom stereocenters. The summed E-state index contributed by atoms with van der Waals surface area (Å²) in [5.41, 5.74) is 2.27. The number of fused-ring (bicyclic) bond motifs is 1. The number of pyridine rings is 1. The lowest BCUT2D eigenvalue weighted by molar-refractivity contribution is 0.0933. The Morgan fingerprint density at radius 3 is 2.88 bits per heavy atom. The molecule has 7 nitrogen and oxygen atoms in total. The molecule has 0 fully saturated rings. The number of H-pyrrole nitrogens is 1. The predicted molar refractivity (Wildman–Crippen MR) is 92.8 cm³/mol. The van der Waals surface area contributed by atoms with Crippen LogP contribution in [-0.2, 0) is 6.54 Å². The zero-order valence-electron chi connectivity index (χ0n) is 13.3. The maximum Gasteiger partial charge on any atom is 0.254 e. The molecule has 1 atom stereocenters. The van der Waals surface area contributed by atoms with Crippen molar-refractivity contribution >= 4 is 16.9 Å². The molecule has 0 radical (unpaired) electrons. The number of aromatic nitrogens is 5. The molecule has 3 aromatic heterocycles. The molecule has 4 aromatic rings. The van der Waals surface area contributed by atoms with Crippen molar-refractivity contribution in [2.45, 2.75) is 12.6 Å². The van der Waals surface area contributed by atoms with E-state index in [1.54, 1.807) is 23.4 Å². The Hall–Kier alpha value is -3.48. The standard InChI is InChI=1S/C18H16N6O/c25-18(15-9-21-17-14(15)7-4-8-20-17)23-16(10-24-12-19-11-22-24)13-5-2-1-3-6-13/h1-9,11-12,16H,10H2,(H,20,21)(H,23,25). The molecule has 0 aliphatic rings. The lowest BCUT2D eigenvalue weighted by Gasteiger charge is -2.19. The highest BCUT2D eigenvalue weighted by Gasteiger charge is 2.19. The van der Waals surface area contributed by atoms with Gasteiger partial charge in [0.1, 0.15) is 18.3 Å². The molecule has 0 saturated carbocycles. The zero-order chi connectivity index (χ0) is 17.1. The van der Waals surface area contributed by atoms with Crippen LogP contribution in [0.4, 0.5) is 0 Å². The van der Waals surface area contributed by atoms with Gasteiger partial charge < -0.3 is 10.3 Å². The summed E-state index contributed by atoms with van der Waals surface area (Å²) in [5, 5.41) is 8.03. The number of benzene rings is 1. The van der Waals surface area contributed by atoms with E-state index in [9.17, 15) is 4.79 Å². The van der Waals surface area contributed by atoms with Crippen molar-refractivity contribution in [3.63, 3.8) is 0 Å². The van der Waals surface area contributed by atoms with Gasteiger partial charge in [-0.2, -0.15) is 5.10 Å². The summed E-state index contributed by atoms with van der Waals surface area (Å²) in [5.74, 6) is -0.159. The Morgan fingerprint density at radius 1 is 1.20 bits per heavy atom. The Labute approximate surface area is 143 Å². The van der Waals surface area contributed by atoms with Crippen LogP contribution in [0.3, 0.4) is 0 Å². The fourth-order valence-electron chi connectivity index (χ4n) is 2.81. The summed E-state index contributed by atoms with van der Waals surface area (Å²) in [6.07, 6.45) is 6.50. The van der Waals surface area contributed by atoms with Crippen LogP contribution < -0.4 is 5.32 Å². The normalized spacial score (nSPS) is 12.2. The summed E-state index contributed by atoms with van der Waals surface area (Å²) < 4.78 is 1.70. The van der Waals surface area contributed by atoms with Gasteiger partial charge in [-0.05, 0) is 17.7 Å². The quantitative estimate of drug-likeness (QED) is 0.587. The minimum atomic E-state index is -0.225. The van der Waals surface area contributed by atoms with Gasteiger partial charge in [0.15, 0.2) is 0 Å². The second kappa shape index (κ2) is 6.56. The van der Waals surface area contributed by atoms with E-state index < -0.39 is 0 Å². The molecule has 0 bridgehead atoms. The lowest BCUT2D eigenvalue weighted by Crippen LogP contribution is -2.31. The summed E-state index contributed by atoms with van der Waals surface area (Å²) in [6.45, 7) is 0.496. The van der Waals surface area contributed by atoms with Gasteiger partial charge in [-0.25, -0.2) is 9.97 Å². The molecule has 0 saturated heterocycles. The van der Waals surface area contributed by atoms with E-state index in [0.717, 1.165) is 10.9 Å². The van der Waals surface area contributed by atoms with E-state index in [4.69, 9.17) is 0 Å². The number of aromatic amines is 1. The highest BCUT2D eigenvalue weighted by molar-refractivity contribution is 6.06. The van der Waals surface area contributed by atoms with Gasteiger partial charge in [-0.15, -0.1) is 0 Å². The second-order valence-corrected chi connectivity index (χ2v) is 5.66. The molecule has 0 aliphatic heterocycles. The van der Waals surface area contributed by atoms with E-state index in [2.05, 4.69) is 25.4 Å². The maximum absolute atomic E-state index is 12.8. The van der Waals surface area contributed by atoms with Crippen molar-refractivity contribution < 1.29 is 4.79 Å². The SMILES string of the molecule is O=C(NC(Cn1cncn1)c1ccccc1)c1c[nH]c2ncccc12. The third-order valence-corrected chi connectivity index (χ3v) is 4.04. The summed E-state index contributed by atoms with van der Waals surface area (Å²) in [4.78, 5) is 24.0. The largest absolute Gasteiger partial charge is 0.345 e. The highest BCUT2D eigenvalue weighted by atomic mass is 16.1. The first-order valence-electron chi connectivity index (χ1n) is 7.91. The van der Waals surface area contributed by atoms with E-state index in [-0.39, 0.29) is 11.9 Å². The molecule has 3 heterocycles. The average molecular weight is 332 g/mol. The van der Waals surface area contributed by atoms with Crippen molar-refractivity contribution in [1.82, 2.24) is 30.0 Å². The fourth-order valence-corrected chi connectivity index (χ4v) is 2.81. The number of carbonyl (C=O) groups is 1. The molecule has 0 spiro atoms. The van der Waals surface area contributed by atoms with E-state index in [1.807, 2.05) is 42.5 Å². The molecule has 1 amide bonds. The van der Waals surface area contributed by atoms with Crippen molar-refractivity contribution in [2.24, 2.45) is 0 Å². The first-order chi connectivity index (χ1) is 12.3. The molecular weight excluding hydrogens is 316 g/mol. The lowest BCUT2D eigenvalue weighted by atomic mass is 10.1. The van der Waals surface area contributed by atoms with Crippen LogP contribution in [0.1, 0.15) is 22.0 Å². The van der Waals surface area contributed by atoms with Crippen LogP contribution in [0.2, 0.25) is 0 Å². The van der Waals surface area contributed by atoms with Gasteiger partial charge in [0.25, 0.3) is 5.91 Å². The predicted octanol–water partition coefficient (Wildman–Crippen LogP) is 2.33. The third kappa shape index (κ3) is 3.12. The maximum atomic E-state index is 12.8. The highest BCUT2D eigenvalue weighted by Crippen LogP contribution is 2.19. The van der Waals surface area contributed by atoms with Gasteiger partial charge >= 0.3 is 0 Å². The molecule has 7 heteroatoms. The smallest absolute Gasteiger partial charge is 0.254 e. The number of nitrogens with one attached hydrogen (secondary N) is 2. The molecule has 1 aromatic carbocycles. The Balaban J connectivity index is 1.62. The molecule has 4 rings (SSSR count). The van der Waals surface area contributed by atoms with Crippen LogP contribution in [0.15, 0.2) is 67.5 Å². The van der Waals surface area contributed by atoms with Gasteiger partial charge in [-0.3, -0.25) is 9.48 Å². The topological polar surface area (TPSA) is 88.5 Å². The van der Waals surface area contributed by atoms with Gasteiger partial charge in [0.05, 0.1) is 18.2 Å². The summed E-state index contributed by atoms with van der Waals surface area (Å²) in [7, 11) is 0. The van der Waals surface area contributed by atoms with Gasteiger partial charge in [0, 0.05) is 17.8 Å². The Morgan fingerprint density at radius 2 is 2.08 bits per heavy atom. The zero-order valence-corrected chi connectivity index (χ0v) is 13.3. The number of hydrogen-bond acceptors (Lipinski definition) is 4. The van der Waals surface area contributed by atoms with Crippen molar-refractivity contribution in [3.8, 4) is 0 Å². The van der Waals surface area contributed by atoms with Crippen LogP contribution in [0.5, 0.6) is 0 Å². The molecular formula is C18H16N6O. The second-order valence-electron chi connectivity index (χ2n) is 5.66. The van der Waals surface area contributed by atoms with E-state index >= 15 is 0 Å². The number of hydrogen-bond donors (Lipinski definition) is 2. The van der Waals surface area contributed by atoms with Crippen molar-refractivity contribution in [1.29, 1.82) is 0 Å². The first-order valence-corrected chi connectivity index (χ1v) is 7.91. The molecule has 25 heavy (non-hydrogen) atoms. The van der Waals surface area contributed by atoms with E-state index in [1.165, 1.54) is 6.33 Å². The van der Waals surface area contributed by atoms with Crippen LogP contribution in [-0.4, -0.2) is 30.6 Å². The molecule has 124 valence electrons. The monoisotopic (exact) mass is 332 g/mol. The minimum absolute atomic E-state index is 0.159. The number of rotatable bonds is 5. The molecule has 0 aliphatic carbocycles. The van der Waals surface area contributed by atoms with Gasteiger partial charge in [-0.1, -0.05) is 30.3 Å². The van der Waals surface area contributed by atoms with Crippen molar-refractivity contribution in [2.75, 3.05) is 0 Å². The number of amides is 1. The molecule has 2 N–H and O–H groups in total. The summed E-state index contributed by atoms with van der Waals surface area (Å²) in [6, 6.07) is 13.3. The first kappa shape index (κ1) is 15.1. The van der Waals surface area contributed by atoms with Crippen LogP contribution >= 0.6 is 0 Å². The van der Waals surface area contributed by atoms with Crippen LogP contribution in [0, 0.1) is 0 Å². The Kier molecular flexibility index (Phi) is 3.96. The average Bonchev–Trinajstić information content (AvgIpc) is 3.31. The summed E-state index contributed by atoms with van der Waals surface area (Å²) >= 11 is 0. The van der Waals surface area contributed by atoms with Crippen LogP contribution in [0.25, 0.3) is 11.0 Å².